The lowest BCUT2D eigenvalue weighted by atomic mass is 10.00. The Hall–Kier alpha value is -3.05. The Balaban J connectivity index is 1.67. The molecule has 5 heteroatoms. The van der Waals surface area contributed by atoms with Gasteiger partial charge in [-0.15, -0.1) is 0 Å². The van der Waals surface area contributed by atoms with E-state index in [-0.39, 0.29) is 5.91 Å². The quantitative estimate of drug-likeness (QED) is 0.676. The number of carbonyl (C=O) groups is 1. The van der Waals surface area contributed by atoms with Gasteiger partial charge in [-0.05, 0) is 56.9 Å². The van der Waals surface area contributed by atoms with Gasteiger partial charge in [-0.3, -0.25) is 4.79 Å². The molecule has 2 aromatic carbocycles. The number of H-pyrrole nitrogens is 1. The van der Waals surface area contributed by atoms with Crippen LogP contribution in [-0.4, -0.2) is 43.0 Å². The van der Waals surface area contributed by atoms with Gasteiger partial charge in [0.05, 0.1) is 5.57 Å². The molecule has 138 valence electrons. The van der Waals surface area contributed by atoms with E-state index < -0.39 is 0 Å². The second kappa shape index (κ2) is 6.93. The second-order valence-corrected chi connectivity index (χ2v) is 7.08. The molecule has 4 rings (SSSR count). The van der Waals surface area contributed by atoms with Gasteiger partial charge < -0.3 is 19.9 Å². The summed E-state index contributed by atoms with van der Waals surface area (Å²) in [5.74, 6) is 0.796. The average Bonchev–Trinajstić information content (AvgIpc) is 3.20. The Morgan fingerprint density at radius 3 is 2.74 bits per heavy atom. The number of amides is 1. The van der Waals surface area contributed by atoms with Crippen molar-refractivity contribution in [2.45, 2.75) is 6.92 Å². The second-order valence-electron chi connectivity index (χ2n) is 7.08. The van der Waals surface area contributed by atoms with Crippen LogP contribution in [0, 0.1) is 0 Å². The van der Waals surface area contributed by atoms with Crippen LogP contribution in [0.2, 0.25) is 0 Å². The first-order valence-electron chi connectivity index (χ1n) is 9.05. The van der Waals surface area contributed by atoms with E-state index in [9.17, 15) is 4.79 Å². The number of hydrogen-bond donors (Lipinski definition) is 2. The van der Waals surface area contributed by atoms with E-state index in [1.54, 1.807) is 0 Å². The minimum Gasteiger partial charge on any atom is -0.492 e. The molecule has 0 saturated heterocycles. The molecule has 2 heterocycles. The number of likely N-dealkylation sites (N-methyl/N-ethyl adjacent to an activating group) is 1. The largest absolute Gasteiger partial charge is 0.492 e. The fourth-order valence-electron chi connectivity index (χ4n) is 3.37. The van der Waals surface area contributed by atoms with E-state index >= 15 is 0 Å². The molecule has 1 aromatic heterocycles. The van der Waals surface area contributed by atoms with Crippen molar-refractivity contribution >= 4 is 33.6 Å². The molecule has 5 nitrogen and oxygen atoms in total. The van der Waals surface area contributed by atoms with Crippen LogP contribution >= 0.6 is 0 Å². The Bertz CT molecular complexity index is 1050. The van der Waals surface area contributed by atoms with Gasteiger partial charge in [0.1, 0.15) is 12.4 Å². The van der Waals surface area contributed by atoms with Crippen molar-refractivity contribution in [1.29, 1.82) is 0 Å². The van der Waals surface area contributed by atoms with Gasteiger partial charge in [0, 0.05) is 34.4 Å². The Morgan fingerprint density at radius 2 is 1.93 bits per heavy atom. The summed E-state index contributed by atoms with van der Waals surface area (Å²) in [6.45, 7) is 3.50. The summed E-state index contributed by atoms with van der Waals surface area (Å²) < 4.78 is 5.83. The highest BCUT2D eigenvalue weighted by Gasteiger charge is 2.26. The van der Waals surface area contributed by atoms with E-state index in [0.717, 1.165) is 51.3 Å². The number of nitrogens with one attached hydrogen (secondary N) is 2. The zero-order chi connectivity index (χ0) is 19.0. The van der Waals surface area contributed by atoms with Crippen molar-refractivity contribution in [2.24, 2.45) is 0 Å². The van der Waals surface area contributed by atoms with E-state index in [1.807, 2.05) is 63.5 Å². The summed E-state index contributed by atoms with van der Waals surface area (Å²) >= 11 is 0. The third kappa shape index (κ3) is 3.34. The minimum absolute atomic E-state index is 0.0555. The molecule has 1 amide bonds. The predicted molar refractivity (Wildman–Crippen MR) is 110 cm³/mol. The van der Waals surface area contributed by atoms with Crippen LogP contribution < -0.4 is 10.1 Å². The van der Waals surface area contributed by atoms with Crippen LogP contribution in [0.4, 0.5) is 5.69 Å². The molecular formula is C22H23N3O2. The Labute approximate surface area is 158 Å². The number of aromatic amines is 1. The number of hydrogen-bond acceptors (Lipinski definition) is 3. The highest BCUT2D eigenvalue weighted by Crippen LogP contribution is 2.37. The van der Waals surface area contributed by atoms with Crippen LogP contribution in [0.25, 0.3) is 22.0 Å². The number of para-hydroxylation sites is 1. The van der Waals surface area contributed by atoms with Gasteiger partial charge in [-0.25, -0.2) is 0 Å². The smallest absolute Gasteiger partial charge is 0.256 e. The first-order valence-corrected chi connectivity index (χ1v) is 9.05. The molecule has 2 N–H and O–H groups in total. The average molecular weight is 361 g/mol. The monoisotopic (exact) mass is 361 g/mol. The van der Waals surface area contributed by atoms with Crippen molar-refractivity contribution in [3.05, 3.63) is 59.8 Å². The molecule has 0 aliphatic carbocycles. The summed E-state index contributed by atoms with van der Waals surface area (Å²) in [6, 6.07) is 15.9. The zero-order valence-corrected chi connectivity index (χ0v) is 15.8. The van der Waals surface area contributed by atoms with Crippen LogP contribution in [0.3, 0.4) is 0 Å². The van der Waals surface area contributed by atoms with Gasteiger partial charge in [0.15, 0.2) is 0 Å². The lowest BCUT2D eigenvalue weighted by Crippen LogP contribution is -2.19. The van der Waals surface area contributed by atoms with E-state index in [2.05, 4.69) is 21.3 Å². The zero-order valence-electron chi connectivity index (χ0n) is 15.8. The molecule has 0 unspecified atom stereocenters. The first-order chi connectivity index (χ1) is 13.0. The fraction of sp³-hybridized carbons (Fsp3) is 0.227. The van der Waals surface area contributed by atoms with Gasteiger partial charge in [-0.1, -0.05) is 18.2 Å². The van der Waals surface area contributed by atoms with Gasteiger partial charge in [0.2, 0.25) is 0 Å². The number of benzene rings is 2. The van der Waals surface area contributed by atoms with Crippen molar-refractivity contribution in [1.82, 2.24) is 9.88 Å². The number of ether oxygens (including phenoxy) is 1. The summed E-state index contributed by atoms with van der Waals surface area (Å²) in [5, 5.41) is 4.01. The fourth-order valence-corrected chi connectivity index (χ4v) is 3.37. The normalized spacial score (nSPS) is 15.2. The maximum atomic E-state index is 12.5. The molecule has 0 atom stereocenters. The van der Waals surface area contributed by atoms with Gasteiger partial charge in [-0.2, -0.15) is 0 Å². The van der Waals surface area contributed by atoms with E-state index in [4.69, 9.17) is 4.74 Å². The molecule has 0 spiro atoms. The molecule has 1 aliphatic rings. The summed E-state index contributed by atoms with van der Waals surface area (Å²) in [4.78, 5) is 18.0. The third-order valence-electron chi connectivity index (χ3n) is 4.85. The molecular weight excluding hydrogens is 338 g/mol. The topological polar surface area (TPSA) is 57.4 Å². The van der Waals surface area contributed by atoms with Crippen LogP contribution in [0.15, 0.2) is 48.5 Å². The lowest BCUT2D eigenvalue weighted by Gasteiger charge is -2.10. The van der Waals surface area contributed by atoms with Crippen molar-refractivity contribution in [3.63, 3.8) is 0 Å². The number of rotatable bonds is 5. The lowest BCUT2D eigenvalue weighted by molar-refractivity contribution is -0.110. The standard InChI is InChI=1S/C22H23N3O2/c1-14(21-17-6-4-5-7-19(17)24-22(21)26)20-13-15-12-16(8-9-18(15)23-20)27-11-10-25(2)3/h4-9,12-13,23H,10-11H2,1-3H3,(H,24,26)/b21-14-. The predicted octanol–water partition coefficient (Wildman–Crippen LogP) is 3.99. The number of carbonyl (C=O) groups excluding carboxylic acids is 1. The molecule has 1 aliphatic heterocycles. The van der Waals surface area contributed by atoms with Crippen molar-refractivity contribution in [3.8, 4) is 5.75 Å². The highest BCUT2D eigenvalue weighted by molar-refractivity contribution is 6.36. The maximum Gasteiger partial charge on any atom is 0.256 e. The molecule has 0 bridgehead atoms. The maximum absolute atomic E-state index is 12.5. The van der Waals surface area contributed by atoms with Gasteiger partial charge in [0.25, 0.3) is 5.91 Å². The third-order valence-corrected chi connectivity index (χ3v) is 4.85. The molecule has 0 fully saturated rings. The van der Waals surface area contributed by atoms with Crippen molar-refractivity contribution < 1.29 is 9.53 Å². The Morgan fingerprint density at radius 1 is 1.11 bits per heavy atom. The summed E-state index contributed by atoms with van der Waals surface area (Å²) in [6.07, 6.45) is 0. The minimum atomic E-state index is -0.0555. The summed E-state index contributed by atoms with van der Waals surface area (Å²) in [7, 11) is 4.05. The molecule has 3 aromatic rings. The van der Waals surface area contributed by atoms with E-state index in [0.29, 0.717) is 6.61 Å². The van der Waals surface area contributed by atoms with Crippen LogP contribution in [0.1, 0.15) is 18.2 Å². The number of anilines is 1. The van der Waals surface area contributed by atoms with Gasteiger partial charge >= 0.3 is 0 Å². The number of allylic oxidation sites excluding steroid dienone is 1. The first kappa shape index (κ1) is 17.4. The van der Waals surface area contributed by atoms with Crippen molar-refractivity contribution in [2.75, 3.05) is 32.6 Å². The summed E-state index contributed by atoms with van der Waals surface area (Å²) in [5.41, 5.74) is 5.44. The number of aromatic nitrogens is 1. The van der Waals surface area contributed by atoms with E-state index in [1.165, 1.54) is 0 Å². The van der Waals surface area contributed by atoms with Crippen LogP contribution in [-0.2, 0) is 4.79 Å². The number of nitrogens with zero attached hydrogens (tertiary/aromatic N) is 1. The highest BCUT2D eigenvalue weighted by atomic mass is 16.5. The Kier molecular flexibility index (Phi) is 4.46. The molecule has 27 heavy (non-hydrogen) atoms. The molecule has 0 radical (unpaired) electrons. The SMILES string of the molecule is C/C(=C1/C(=O)Nc2ccccc21)c1cc2cc(OCCN(C)C)ccc2[nH]1. The van der Waals surface area contributed by atoms with Crippen LogP contribution in [0.5, 0.6) is 5.75 Å². The molecule has 0 saturated carbocycles. The number of fused-ring (bicyclic) bond motifs is 2.